The van der Waals surface area contributed by atoms with Gasteiger partial charge in [0.15, 0.2) is 17.7 Å². The van der Waals surface area contributed by atoms with Gasteiger partial charge >= 0.3 is 0 Å². The standard InChI is InChI=1S/C10H16N5O13P3.C2H6O.4H3N/c11-8-5-9(13-2-12-8)15(3-14-5)10-7(17)6(16)4(26-10)1-25-30(21,22)28-31(23,24)27-29(18,19)20;1-2-3;;;;/h2-4,6-7,10,16-17H,1H2,(H,21,22)(H,23,24)(H2,11,12,13)(H2,18,19,20);3H,2H2,1H3;4*1H3/t4-,6-,7-,10-;;;;;/m1...../s1. The number of aromatic nitrogens is 4. The van der Waals surface area contributed by atoms with Crippen LogP contribution in [-0.4, -0.2) is 66.4 Å². The van der Waals surface area contributed by atoms with E-state index in [9.17, 15) is 43.5 Å². The smallest absolute Gasteiger partial charge is 0.278 e. The van der Waals surface area contributed by atoms with Crippen LogP contribution in [0.25, 0.3) is 11.2 Å². The van der Waals surface area contributed by atoms with Gasteiger partial charge in [0.25, 0.3) is 15.6 Å². The quantitative estimate of drug-likeness (QED) is 0.139. The molecule has 0 radical (unpaired) electrons. The fourth-order valence-electron chi connectivity index (χ4n) is 2.60. The zero-order valence-corrected chi connectivity index (χ0v) is 23.6. The summed E-state index contributed by atoms with van der Waals surface area (Å²) in [5.41, 5.74) is 5.92. The average molecular weight is 621 g/mol. The molecule has 2 unspecified atom stereocenters. The van der Waals surface area contributed by atoms with E-state index in [1.807, 2.05) is 0 Å². The molecule has 2 aromatic heterocycles. The first-order valence-corrected chi connectivity index (χ1v) is 13.3. The summed E-state index contributed by atoms with van der Waals surface area (Å²) in [5.74, 6) is 0.0195. The molecule has 21 N–H and O–H groups in total. The zero-order valence-electron chi connectivity index (χ0n) is 20.9. The lowest BCUT2D eigenvalue weighted by Crippen LogP contribution is -2.34. The highest BCUT2D eigenvalue weighted by molar-refractivity contribution is 7.64. The molecule has 38 heavy (non-hydrogen) atoms. The fraction of sp³-hybridized carbons (Fsp3) is 0.583. The molecule has 1 saturated heterocycles. The van der Waals surface area contributed by atoms with Crippen molar-refractivity contribution in [1.29, 1.82) is 0 Å². The molecule has 23 nitrogen and oxygen atoms in total. The summed E-state index contributed by atoms with van der Waals surface area (Å²) in [4.78, 5) is 54.9. The van der Waals surface area contributed by atoms with Gasteiger partial charge in [-0.25, -0.2) is 19.3 Å². The first kappa shape index (κ1) is 40.9. The summed E-state index contributed by atoms with van der Waals surface area (Å²) >= 11 is 0. The van der Waals surface area contributed by atoms with Crippen molar-refractivity contribution in [3.05, 3.63) is 12.7 Å². The lowest BCUT2D eigenvalue weighted by atomic mass is 10.1. The molecule has 3 heterocycles. The Balaban J connectivity index is -0.00000167. The molecular formula is C12H34N9O14P3. The minimum Gasteiger partial charge on any atom is -0.790 e. The molecule has 6 atom stereocenters. The minimum atomic E-state index is -6.14. The van der Waals surface area contributed by atoms with Crippen LogP contribution >= 0.6 is 23.5 Å². The van der Waals surface area contributed by atoms with Gasteiger partial charge < -0.3 is 79.1 Å². The van der Waals surface area contributed by atoms with Crippen molar-refractivity contribution in [2.24, 2.45) is 0 Å². The Morgan fingerprint density at radius 3 is 2.08 bits per heavy atom. The third-order valence-electron chi connectivity index (χ3n) is 3.80. The largest absolute Gasteiger partial charge is 0.790 e. The zero-order chi connectivity index (χ0) is 25.9. The number of ether oxygens (including phenoxy) is 1. The number of aliphatic hydroxyl groups excluding tert-OH is 3. The number of imidazole rings is 1. The summed E-state index contributed by atoms with van der Waals surface area (Å²) in [6.07, 6.45) is -3.99. The van der Waals surface area contributed by atoms with E-state index in [4.69, 9.17) is 15.6 Å². The van der Waals surface area contributed by atoms with Crippen LogP contribution in [0, 0.1) is 0 Å². The fourth-order valence-corrected chi connectivity index (χ4v) is 5.47. The SMILES string of the molecule is CCO.Nc1ncnc2c1ncn2[C@@H]1O[C@H](COP(=O)([O-])OP(=O)([O-])OP(=O)([O-])[O-])[C@@H](O)[C@H]1O.[NH4+].[NH4+].[NH4+].[NH4+]. The Bertz CT molecular complexity index is 1130. The summed E-state index contributed by atoms with van der Waals surface area (Å²) in [5, 5.41) is 27.9. The molecule has 26 heteroatoms. The molecule has 0 amide bonds. The maximum atomic E-state index is 11.6. The van der Waals surface area contributed by atoms with Crippen LogP contribution < -0.4 is 49.9 Å². The van der Waals surface area contributed by atoms with Crippen molar-refractivity contribution in [3.63, 3.8) is 0 Å². The predicted octanol–water partition coefficient (Wildman–Crippen LogP) is -2.65. The number of rotatable bonds is 8. The molecule has 0 aromatic carbocycles. The third kappa shape index (κ3) is 10.9. The maximum absolute atomic E-state index is 11.6. The monoisotopic (exact) mass is 621 g/mol. The number of nitrogens with zero attached hydrogens (tertiary/aromatic N) is 4. The number of nitrogens with two attached hydrogens (primary N) is 1. The topological polar surface area (TPSA) is 457 Å². The Labute approximate surface area is 214 Å². The van der Waals surface area contributed by atoms with E-state index >= 15 is 0 Å². The average Bonchev–Trinajstić information content (AvgIpc) is 3.21. The van der Waals surface area contributed by atoms with Crippen LogP contribution in [0.5, 0.6) is 0 Å². The van der Waals surface area contributed by atoms with Gasteiger partial charge in [-0.3, -0.25) is 18.0 Å². The van der Waals surface area contributed by atoms with Crippen molar-refractivity contribution in [1.82, 2.24) is 44.1 Å². The predicted molar refractivity (Wildman–Crippen MR) is 123 cm³/mol. The number of nitrogen functional groups attached to an aromatic ring is 1. The third-order valence-corrected chi connectivity index (χ3v) is 7.46. The molecule has 1 fully saturated rings. The maximum Gasteiger partial charge on any atom is 0.278 e. The second-order valence-corrected chi connectivity index (χ2v) is 10.5. The molecule has 3 rings (SSSR count). The molecule has 0 saturated carbocycles. The summed E-state index contributed by atoms with van der Waals surface area (Å²) in [6, 6.07) is 0. The normalized spacial score (nSPS) is 23.7. The number of anilines is 1. The Morgan fingerprint density at radius 1 is 1.00 bits per heavy atom. The van der Waals surface area contributed by atoms with Gasteiger partial charge in [0, 0.05) is 6.61 Å². The molecule has 1 aliphatic heterocycles. The van der Waals surface area contributed by atoms with Crippen molar-refractivity contribution >= 4 is 40.4 Å². The van der Waals surface area contributed by atoms with Crippen LogP contribution in [-0.2, 0) is 31.6 Å². The molecule has 0 aliphatic carbocycles. The number of fused-ring (bicyclic) bond motifs is 1. The number of aliphatic hydroxyl groups is 3. The number of phosphoric ester groups is 1. The summed E-state index contributed by atoms with van der Waals surface area (Å²) < 4.78 is 50.2. The Kier molecular flexibility index (Phi) is 17.1. The van der Waals surface area contributed by atoms with Gasteiger partial charge in [-0.2, -0.15) is 0 Å². The lowest BCUT2D eigenvalue weighted by Gasteiger charge is -2.37. The highest BCUT2D eigenvalue weighted by Gasteiger charge is 2.45. The summed E-state index contributed by atoms with van der Waals surface area (Å²) in [6.45, 7) is 0.853. The Morgan fingerprint density at radius 2 is 1.55 bits per heavy atom. The number of quaternary nitrogens is 4. The van der Waals surface area contributed by atoms with E-state index in [0.717, 1.165) is 12.7 Å². The van der Waals surface area contributed by atoms with Crippen molar-refractivity contribution in [2.45, 2.75) is 31.5 Å². The van der Waals surface area contributed by atoms with E-state index in [1.165, 1.54) is 4.57 Å². The number of phosphoric acid groups is 3. The van der Waals surface area contributed by atoms with Crippen LogP contribution in [0.15, 0.2) is 12.7 Å². The lowest BCUT2D eigenvalue weighted by molar-refractivity contribution is -0.339. The second kappa shape index (κ2) is 15.9. The highest BCUT2D eigenvalue weighted by Crippen LogP contribution is 2.60. The van der Waals surface area contributed by atoms with Crippen LogP contribution in [0.4, 0.5) is 5.82 Å². The van der Waals surface area contributed by atoms with Gasteiger partial charge in [0.2, 0.25) is 0 Å². The molecule has 1 aliphatic rings. The molecular weight excluding hydrogens is 587 g/mol. The van der Waals surface area contributed by atoms with Crippen molar-refractivity contribution < 1.29 is 66.5 Å². The molecule has 226 valence electrons. The first-order valence-electron chi connectivity index (χ1n) is 8.87. The highest BCUT2D eigenvalue weighted by atomic mass is 31.3. The Hall–Kier alpha value is -1.56. The van der Waals surface area contributed by atoms with Crippen molar-refractivity contribution in [2.75, 3.05) is 18.9 Å². The van der Waals surface area contributed by atoms with Gasteiger partial charge in [-0.15, -0.1) is 0 Å². The van der Waals surface area contributed by atoms with E-state index in [1.54, 1.807) is 6.92 Å². The van der Waals surface area contributed by atoms with Crippen LogP contribution in [0.1, 0.15) is 13.2 Å². The van der Waals surface area contributed by atoms with Crippen LogP contribution in [0.3, 0.4) is 0 Å². The van der Waals surface area contributed by atoms with E-state index in [0.29, 0.717) is 0 Å². The molecule has 0 bridgehead atoms. The first-order chi connectivity index (χ1) is 15.6. The molecule has 2 aromatic rings. The number of hydrogen-bond acceptors (Lipinski definition) is 18. The van der Waals surface area contributed by atoms with E-state index in [-0.39, 0.29) is 48.2 Å². The second-order valence-electron chi connectivity index (χ2n) is 6.25. The minimum absolute atomic E-state index is 0. The van der Waals surface area contributed by atoms with Gasteiger partial charge in [-0.1, -0.05) is 0 Å². The van der Waals surface area contributed by atoms with E-state index < -0.39 is 54.6 Å². The van der Waals surface area contributed by atoms with Gasteiger partial charge in [-0.05, 0) is 6.92 Å². The van der Waals surface area contributed by atoms with E-state index in [2.05, 4.69) is 28.1 Å². The van der Waals surface area contributed by atoms with Crippen LogP contribution in [0.2, 0.25) is 0 Å². The van der Waals surface area contributed by atoms with Gasteiger partial charge in [0.1, 0.15) is 30.2 Å². The van der Waals surface area contributed by atoms with Crippen molar-refractivity contribution in [3.8, 4) is 0 Å². The summed E-state index contributed by atoms with van der Waals surface area (Å²) in [7, 11) is -18.1. The number of hydrogen-bond donors (Lipinski definition) is 8. The molecule has 0 spiro atoms. The van der Waals surface area contributed by atoms with Gasteiger partial charge in [0.05, 0.1) is 20.8 Å².